The van der Waals surface area contributed by atoms with Crippen LogP contribution in [0.15, 0.2) is 23.2 Å². The summed E-state index contributed by atoms with van der Waals surface area (Å²) in [6, 6.07) is 2.75. The van der Waals surface area contributed by atoms with Crippen molar-refractivity contribution in [1.82, 2.24) is 9.47 Å². The van der Waals surface area contributed by atoms with Crippen LogP contribution >= 0.6 is 11.8 Å². The maximum Gasteiger partial charge on any atom is 0.328 e. The third kappa shape index (κ3) is 2.49. The molecular formula is C13H14N2O4S. The number of rotatable bonds is 3. The molecule has 1 aliphatic heterocycles. The van der Waals surface area contributed by atoms with Gasteiger partial charge in [0, 0.05) is 18.9 Å². The van der Waals surface area contributed by atoms with Gasteiger partial charge in [0.25, 0.3) is 11.1 Å². The predicted molar refractivity (Wildman–Crippen MR) is 74.7 cm³/mol. The van der Waals surface area contributed by atoms with Gasteiger partial charge in [-0.05, 0) is 36.9 Å². The van der Waals surface area contributed by atoms with Crippen LogP contribution in [-0.4, -0.2) is 39.7 Å². The highest BCUT2D eigenvalue weighted by Crippen LogP contribution is 2.33. The molecule has 0 aliphatic carbocycles. The maximum atomic E-state index is 12.2. The summed E-state index contributed by atoms with van der Waals surface area (Å²) < 4.78 is 6.39. The number of aromatic nitrogens is 1. The van der Waals surface area contributed by atoms with Gasteiger partial charge in [-0.2, -0.15) is 0 Å². The van der Waals surface area contributed by atoms with Crippen LogP contribution in [0.25, 0.3) is 6.08 Å². The number of imide groups is 1. The Labute approximate surface area is 120 Å². The molecule has 0 N–H and O–H groups in total. The first-order valence-corrected chi connectivity index (χ1v) is 6.73. The number of amides is 2. The van der Waals surface area contributed by atoms with Crippen molar-refractivity contribution in [3.8, 4) is 0 Å². The molecule has 2 amide bonds. The number of hydrogen-bond acceptors (Lipinski definition) is 5. The third-order valence-corrected chi connectivity index (χ3v) is 3.90. The van der Waals surface area contributed by atoms with E-state index in [4.69, 9.17) is 0 Å². The molecule has 1 aliphatic rings. The first kappa shape index (κ1) is 14.4. The molecule has 0 unspecified atom stereocenters. The Bertz CT molecular complexity index is 605. The summed E-state index contributed by atoms with van der Waals surface area (Å²) >= 11 is 0.822. The van der Waals surface area contributed by atoms with E-state index in [1.807, 2.05) is 29.9 Å². The normalized spacial score (nSPS) is 18.8. The fourth-order valence-corrected chi connectivity index (χ4v) is 2.74. The summed E-state index contributed by atoms with van der Waals surface area (Å²) in [6.07, 6.45) is 3.47. The zero-order valence-corrected chi connectivity index (χ0v) is 12.1. The Kier molecular flexibility index (Phi) is 3.99. The van der Waals surface area contributed by atoms with Gasteiger partial charge >= 0.3 is 5.97 Å². The van der Waals surface area contributed by atoms with Crippen LogP contribution in [0.5, 0.6) is 0 Å². The van der Waals surface area contributed by atoms with E-state index in [1.165, 1.54) is 14.0 Å². The SMILES string of the molecule is COC(=O)[C@@H](C)N1C(=O)S/C(=C\c2cccn2C)C1=O. The molecule has 6 nitrogen and oxygen atoms in total. The number of aryl methyl sites for hydroxylation is 1. The fraction of sp³-hybridized carbons (Fsp3) is 0.308. The summed E-state index contributed by atoms with van der Waals surface area (Å²) in [7, 11) is 3.06. The van der Waals surface area contributed by atoms with Gasteiger partial charge in [0.1, 0.15) is 6.04 Å². The Hall–Kier alpha value is -2.02. The predicted octanol–water partition coefficient (Wildman–Crippen LogP) is 1.62. The highest BCUT2D eigenvalue weighted by molar-refractivity contribution is 8.18. The molecule has 0 saturated carbocycles. The average molecular weight is 294 g/mol. The number of carbonyl (C=O) groups is 3. The van der Waals surface area contributed by atoms with Crippen molar-refractivity contribution in [1.29, 1.82) is 0 Å². The van der Waals surface area contributed by atoms with E-state index in [9.17, 15) is 14.4 Å². The Morgan fingerprint density at radius 2 is 2.15 bits per heavy atom. The van der Waals surface area contributed by atoms with Gasteiger partial charge in [-0.3, -0.25) is 14.5 Å². The van der Waals surface area contributed by atoms with Crippen molar-refractivity contribution in [2.45, 2.75) is 13.0 Å². The van der Waals surface area contributed by atoms with Crippen molar-refractivity contribution in [2.24, 2.45) is 7.05 Å². The van der Waals surface area contributed by atoms with Crippen LogP contribution < -0.4 is 0 Å². The number of carbonyl (C=O) groups excluding carboxylic acids is 3. The Morgan fingerprint density at radius 3 is 2.70 bits per heavy atom. The lowest BCUT2D eigenvalue weighted by atomic mass is 10.2. The molecule has 0 radical (unpaired) electrons. The second-order valence-corrected chi connectivity index (χ2v) is 5.29. The number of thioether (sulfide) groups is 1. The monoisotopic (exact) mass is 294 g/mol. The van der Waals surface area contributed by atoms with Crippen molar-refractivity contribution in [2.75, 3.05) is 7.11 Å². The summed E-state index contributed by atoms with van der Waals surface area (Å²) in [6.45, 7) is 1.47. The van der Waals surface area contributed by atoms with Gasteiger partial charge in [-0.1, -0.05) is 0 Å². The zero-order valence-electron chi connectivity index (χ0n) is 11.3. The smallest absolute Gasteiger partial charge is 0.328 e. The molecule has 2 rings (SSSR count). The lowest BCUT2D eigenvalue weighted by Gasteiger charge is -2.18. The van der Waals surface area contributed by atoms with Crippen LogP contribution in [0.3, 0.4) is 0 Å². The van der Waals surface area contributed by atoms with Crippen LogP contribution in [-0.2, 0) is 21.4 Å². The van der Waals surface area contributed by atoms with Gasteiger partial charge in [0.05, 0.1) is 12.0 Å². The van der Waals surface area contributed by atoms with E-state index in [0.29, 0.717) is 4.91 Å². The molecule has 0 spiro atoms. The molecule has 7 heteroatoms. The lowest BCUT2D eigenvalue weighted by molar-refractivity contribution is -0.148. The third-order valence-electron chi connectivity index (χ3n) is 3.02. The largest absolute Gasteiger partial charge is 0.467 e. The quantitative estimate of drug-likeness (QED) is 0.626. The highest BCUT2D eigenvalue weighted by atomic mass is 32.2. The van der Waals surface area contributed by atoms with Gasteiger partial charge in [-0.25, -0.2) is 4.79 Å². The van der Waals surface area contributed by atoms with Crippen LogP contribution in [0.2, 0.25) is 0 Å². The summed E-state index contributed by atoms with van der Waals surface area (Å²) in [5.41, 5.74) is 0.807. The van der Waals surface area contributed by atoms with Crippen LogP contribution in [0.1, 0.15) is 12.6 Å². The standard InChI is InChI=1S/C13H14N2O4S/c1-8(12(17)19-3)15-11(16)10(20-13(15)18)7-9-5-4-6-14(9)2/h4-8H,1-3H3/b10-7-/t8-/m1/s1. The zero-order chi connectivity index (χ0) is 14.9. The molecule has 0 bridgehead atoms. The van der Waals surface area contributed by atoms with E-state index in [-0.39, 0.29) is 0 Å². The lowest BCUT2D eigenvalue weighted by Crippen LogP contribution is -2.42. The van der Waals surface area contributed by atoms with Gasteiger partial charge in [0.15, 0.2) is 0 Å². The molecule has 1 aromatic rings. The fourth-order valence-electron chi connectivity index (χ4n) is 1.85. The number of ether oxygens (including phenoxy) is 1. The maximum absolute atomic E-state index is 12.2. The Balaban J connectivity index is 2.27. The molecule has 0 aromatic carbocycles. The van der Waals surface area contributed by atoms with Crippen molar-refractivity contribution < 1.29 is 19.1 Å². The van der Waals surface area contributed by atoms with E-state index in [0.717, 1.165) is 22.4 Å². The van der Waals surface area contributed by atoms with Gasteiger partial charge in [0.2, 0.25) is 0 Å². The van der Waals surface area contributed by atoms with E-state index in [2.05, 4.69) is 4.74 Å². The van der Waals surface area contributed by atoms with Crippen molar-refractivity contribution >= 4 is 35.0 Å². The minimum Gasteiger partial charge on any atom is -0.467 e. The topological polar surface area (TPSA) is 68.6 Å². The van der Waals surface area contributed by atoms with E-state index in [1.54, 1.807) is 6.08 Å². The molecule has 1 aromatic heterocycles. The number of hydrogen-bond donors (Lipinski definition) is 0. The van der Waals surface area contributed by atoms with Gasteiger partial charge in [-0.15, -0.1) is 0 Å². The molecular weight excluding hydrogens is 280 g/mol. The molecule has 1 saturated heterocycles. The van der Waals surface area contributed by atoms with Crippen molar-refractivity contribution in [3.05, 3.63) is 28.9 Å². The summed E-state index contributed by atoms with van der Waals surface area (Å²) in [5, 5.41) is -0.464. The van der Waals surface area contributed by atoms with Crippen molar-refractivity contribution in [3.63, 3.8) is 0 Å². The summed E-state index contributed by atoms with van der Waals surface area (Å²) in [4.78, 5) is 36.8. The summed E-state index contributed by atoms with van der Waals surface area (Å²) in [5.74, 6) is -1.09. The molecule has 20 heavy (non-hydrogen) atoms. The van der Waals surface area contributed by atoms with Crippen LogP contribution in [0.4, 0.5) is 4.79 Å². The minimum atomic E-state index is -0.924. The van der Waals surface area contributed by atoms with Crippen LogP contribution in [0, 0.1) is 0 Å². The first-order chi connectivity index (χ1) is 9.45. The molecule has 1 fully saturated rings. The highest BCUT2D eigenvalue weighted by Gasteiger charge is 2.41. The number of esters is 1. The molecule has 106 valence electrons. The Morgan fingerprint density at radius 1 is 1.45 bits per heavy atom. The number of methoxy groups -OCH3 is 1. The molecule has 1 atom stereocenters. The molecule has 2 heterocycles. The first-order valence-electron chi connectivity index (χ1n) is 5.92. The van der Waals surface area contributed by atoms with E-state index >= 15 is 0 Å². The second-order valence-electron chi connectivity index (χ2n) is 4.29. The van der Waals surface area contributed by atoms with Gasteiger partial charge < -0.3 is 9.30 Å². The number of nitrogens with zero attached hydrogens (tertiary/aromatic N) is 2. The minimum absolute atomic E-state index is 0.299. The average Bonchev–Trinajstić information content (AvgIpc) is 2.93. The van der Waals surface area contributed by atoms with E-state index < -0.39 is 23.2 Å². The second kappa shape index (κ2) is 5.54.